The summed E-state index contributed by atoms with van der Waals surface area (Å²) in [5.41, 5.74) is -0.601. The van der Waals surface area contributed by atoms with E-state index < -0.39 is 37.9 Å². The van der Waals surface area contributed by atoms with Crippen molar-refractivity contribution in [3.05, 3.63) is 64.3 Å². The SMILES string of the molecule is O=c1[nH]ncc2ccc(NS(=O)(=O)c3cc(F)c(F)cc3F)cc12. The van der Waals surface area contributed by atoms with Crippen molar-refractivity contribution in [2.75, 3.05) is 4.72 Å². The Morgan fingerprint density at radius 1 is 1.00 bits per heavy atom. The average Bonchev–Trinajstić information content (AvgIpc) is 2.51. The van der Waals surface area contributed by atoms with Gasteiger partial charge in [-0.25, -0.2) is 26.7 Å². The van der Waals surface area contributed by atoms with Gasteiger partial charge in [0.2, 0.25) is 0 Å². The maximum Gasteiger partial charge on any atom is 0.272 e. The summed E-state index contributed by atoms with van der Waals surface area (Å²) in [7, 11) is -4.52. The summed E-state index contributed by atoms with van der Waals surface area (Å²) < 4.78 is 66.1. The molecule has 0 fully saturated rings. The number of H-pyrrole nitrogens is 1. The van der Waals surface area contributed by atoms with Gasteiger partial charge in [0, 0.05) is 23.2 Å². The lowest BCUT2D eigenvalue weighted by Crippen LogP contribution is -2.16. The first-order valence-corrected chi connectivity index (χ1v) is 7.91. The van der Waals surface area contributed by atoms with E-state index in [9.17, 15) is 26.4 Å². The van der Waals surface area contributed by atoms with Crippen molar-refractivity contribution in [2.24, 2.45) is 0 Å². The lowest BCUT2D eigenvalue weighted by Gasteiger charge is -2.10. The lowest BCUT2D eigenvalue weighted by molar-refractivity contribution is 0.482. The zero-order chi connectivity index (χ0) is 17.5. The number of nitrogens with one attached hydrogen (secondary N) is 2. The van der Waals surface area contributed by atoms with Crippen molar-refractivity contribution in [2.45, 2.75) is 4.90 Å². The summed E-state index contributed by atoms with van der Waals surface area (Å²) in [4.78, 5) is 10.6. The predicted molar refractivity (Wildman–Crippen MR) is 79.5 cm³/mol. The number of aromatic amines is 1. The number of hydrogen-bond donors (Lipinski definition) is 2. The van der Waals surface area contributed by atoms with Gasteiger partial charge in [-0.3, -0.25) is 9.52 Å². The van der Waals surface area contributed by atoms with E-state index in [0.717, 1.165) is 0 Å². The Kier molecular flexibility index (Phi) is 3.76. The lowest BCUT2D eigenvalue weighted by atomic mass is 10.2. The van der Waals surface area contributed by atoms with Crippen LogP contribution in [0, 0.1) is 17.5 Å². The van der Waals surface area contributed by atoms with Crippen molar-refractivity contribution in [3.8, 4) is 0 Å². The molecule has 0 saturated carbocycles. The normalized spacial score (nSPS) is 11.6. The molecule has 2 aromatic carbocycles. The average molecular weight is 355 g/mol. The van der Waals surface area contributed by atoms with Crippen LogP contribution >= 0.6 is 0 Å². The zero-order valence-corrected chi connectivity index (χ0v) is 12.5. The van der Waals surface area contributed by atoms with Crippen LogP contribution in [0.5, 0.6) is 0 Å². The Morgan fingerprint density at radius 3 is 2.46 bits per heavy atom. The fourth-order valence-electron chi connectivity index (χ4n) is 2.07. The maximum absolute atomic E-state index is 13.7. The number of sulfonamides is 1. The highest BCUT2D eigenvalue weighted by Gasteiger charge is 2.22. The van der Waals surface area contributed by atoms with E-state index in [-0.39, 0.29) is 23.2 Å². The molecular weight excluding hydrogens is 347 g/mol. The van der Waals surface area contributed by atoms with Gasteiger partial charge in [0.25, 0.3) is 15.6 Å². The van der Waals surface area contributed by atoms with Gasteiger partial charge in [-0.1, -0.05) is 6.07 Å². The van der Waals surface area contributed by atoms with Crippen molar-refractivity contribution in [1.29, 1.82) is 0 Å². The van der Waals surface area contributed by atoms with Crippen molar-refractivity contribution >= 4 is 26.5 Å². The Labute approximate surface area is 133 Å². The summed E-state index contributed by atoms with van der Waals surface area (Å²) in [6.45, 7) is 0. The molecule has 3 rings (SSSR count). The molecule has 0 amide bonds. The summed E-state index contributed by atoms with van der Waals surface area (Å²) >= 11 is 0. The molecule has 0 aliphatic rings. The van der Waals surface area contributed by atoms with Crippen LogP contribution in [0.1, 0.15) is 0 Å². The first-order valence-electron chi connectivity index (χ1n) is 6.43. The second kappa shape index (κ2) is 5.64. The summed E-state index contributed by atoms with van der Waals surface area (Å²) in [5.74, 6) is -4.45. The van der Waals surface area contributed by atoms with Crippen LogP contribution < -0.4 is 10.3 Å². The van der Waals surface area contributed by atoms with E-state index in [1.165, 1.54) is 24.4 Å². The van der Waals surface area contributed by atoms with Crippen LogP contribution in [0.4, 0.5) is 18.9 Å². The van der Waals surface area contributed by atoms with Gasteiger partial charge >= 0.3 is 0 Å². The molecule has 6 nitrogen and oxygen atoms in total. The van der Waals surface area contributed by atoms with E-state index in [4.69, 9.17) is 0 Å². The molecule has 0 aliphatic carbocycles. The summed E-state index contributed by atoms with van der Waals surface area (Å²) in [6, 6.07) is 4.34. The minimum absolute atomic E-state index is 0.0525. The third-order valence-electron chi connectivity index (χ3n) is 3.18. The number of aromatic nitrogens is 2. The van der Waals surface area contributed by atoms with Gasteiger partial charge in [-0.15, -0.1) is 0 Å². The topological polar surface area (TPSA) is 91.9 Å². The Hall–Kier alpha value is -2.88. The predicted octanol–water partition coefficient (Wildman–Crippen LogP) is 2.14. The van der Waals surface area contributed by atoms with E-state index in [2.05, 4.69) is 10.2 Å². The molecule has 0 bridgehead atoms. The molecule has 1 heterocycles. The van der Waals surface area contributed by atoms with Gasteiger partial charge < -0.3 is 0 Å². The molecule has 0 saturated heterocycles. The zero-order valence-electron chi connectivity index (χ0n) is 11.7. The Bertz CT molecular complexity index is 1110. The highest BCUT2D eigenvalue weighted by Crippen LogP contribution is 2.23. The van der Waals surface area contributed by atoms with Crippen molar-refractivity contribution in [3.63, 3.8) is 0 Å². The Balaban J connectivity index is 2.05. The number of nitrogens with zero attached hydrogens (tertiary/aromatic N) is 1. The van der Waals surface area contributed by atoms with Gasteiger partial charge in [0.1, 0.15) is 10.7 Å². The number of anilines is 1. The summed E-state index contributed by atoms with van der Waals surface area (Å²) in [5, 5.41) is 6.38. The molecule has 0 unspecified atom stereocenters. The van der Waals surface area contributed by atoms with Crippen molar-refractivity contribution in [1.82, 2.24) is 10.2 Å². The van der Waals surface area contributed by atoms with E-state index >= 15 is 0 Å². The molecule has 10 heteroatoms. The van der Waals surface area contributed by atoms with Crippen LogP contribution in [0.15, 0.2) is 46.2 Å². The first-order chi connectivity index (χ1) is 11.3. The third-order valence-corrected chi connectivity index (χ3v) is 4.58. The number of fused-ring (bicyclic) bond motifs is 1. The van der Waals surface area contributed by atoms with Crippen LogP contribution in [0.25, 0.3) is 10.8 Å². The molecule has 0 spiro atoms. The highest BCUT2D eigenvalue weighted by molar-refractivity contribution is 7.92. The van der Waals surface area contributed by atoms with E-state index in [1.807, 2.05) is 4.72 Å². The molecule has 1 aromatic heterocycles. The molecule has 124 valence electrons. The summed E-state index contributed by atoms with van der Waals surface area (Å²) in [6.07, 6.45) is 1.37. The number of benzene rings is 2. The van der Waals surface area contributed by atoms with Crippen LogP contribution in [-0.2, 0) is 10.0 Å². The van der Waals surface area contributed by atoms with E-state index in [1.54, 1.807) is 0 Å². The smallest absolute Gasteiger partial charge is 0.272 e. The number of rotatable bonds is 3. The largest absolute Gasteiger partial charge is 0.280 e. The minimum Gasteiger partial charge on any atom is -0.280 e. The first kappa shape index (κ1) is 16.0. The van der Waals surface area contributed by atoms with Crippen molar-refractivity contribution < 1.29 is 21.6 Å². The minimum atomic E-state index is -4.52. The molecule has 2 N–H and O–H groups in total. The molecular formula is C14H8F3N3O3S. The Morgan fingerprint density at radius 2 is 1.71 bits per heavy atom. The molecule has 3 aromatic rings. The van der Waals surface area contributed by atoms with Crippen LogP contribution in [-0.4, -0.2) is 18.6 Å². The van der Waals surface area contributed by atoms with Crippen LogP contribution in [0.3, 0.4) is 0 Å². The number of halogens is 3. The maximum atomic E-state index is 13.7. The van der Waals surface area contributed by atoms with E-state index in [0.29, 0.717) is 5.39 Å². The van der Waals surface area contributed by atoms with Gasteiger partial charge in [0.15, 0.2) is 11.6 Å². The second-order valence-corrected chi connectivity index (χ2v) is 6.45. The molecule has 24 heavy (non-hydrogen) atoms. The van der Waals surface area contributed by atoms with Gasteiger partial charge in [-0.05, 0) is 12.1 Å². The van der Waals surface area contributed by atoms with Crippen LogP contribution in [0.2, 0.25) is 0 Å². The molecule has 0 radical (unpaired) electrons. The molecule has 0 aliphatic heterocycles. The van der Waals surface area contributed by atoms with Gasteiger partial charge in [-0.2, -0.15) is 5.10 Å². The molecule has 0 atom stereocenters. The third kappa shape index (κ3) is 2.83. The fraction of sp³-hybridized carbons (Fsp3) is 0. The fourth-order valence-corrected chi connectivity index (χ4v) is 3.19. The second-order valence-electron chi connectivity index (χ2n) is 4.80. The quantitative estimate of drug-likeness (QED) is 0.704. The number of hydrogen-bond acceptors (Lipinski definition) is 4. The van der Waals surface area contributed by atoms with Gasteiger partial charge in [0.05, 0.1) is 11.6 Å². The monoisotopic (exact) mass is 355 g/mol. The highest BCUT2D eigenvalue weighted by atomic mass is 32.2. The standard InChI is InChI=1S/C14H8F3N3O3S/c15-10-4-12(17)13(5-11(10)16)24(22,23)20-8-2-1-7-6-18-19-14(21)9(7)3-8/h1-6,20H,(H,19,21).